The minimum absolute atomic E-state index is 0.00555. The Labute approximate surface area is 160 Å². The fraction of sp³-hybridized carbons (Fsp3) is 0.524. The molecule has 1 fully saturated rings. The second kappa shape index (κ2) is 7.25. The number of aryl methyl sites for hydroxylation is 1. The Kier molecular flexibility index (Phi) is 5.18. The van der Waals surface area contributed by atoms with Gasteiger partial charge in [0.2, 0.25) is 11.6 Å². The second-order valence-corrected chi connectivity index (χ2v) is 8.29. The first kappa shape index (κ1) is 19.3. The summed E-state index contributed by atoms with van der Waals surface area (Å²) < 4.78 is 7.50. The van der Waals surface area contributed by atoms with Crippen molar-refractivity contribution in [2.75, 3.05) is 19.6 Å². The number of hydrogen-bond donors (Lipinski definition) is 0. The minimum atomic E-state index is -0.412. The van der Waals surface area contributed by atoms with Crippen molar-refractivity contribution in [1.29, 1.82) is 0 Å². The molecule has 6 heteroatoms. The number of fused-ring (bicyclic) bond motifs is 1. The van der Waals surface area contributed by atoms with Crippen LogP contribution < -0.4 is 0 Å². The first-order valence-corrected chi connectivity index (χ1v) is 9.52. The topological polar surface area (TPSA) is 58.7 Å². The van der Waals surface area contributed by atoms with Gasteiger partial charge in [0.05, 0.1) is 6.26 Å². The standard InChI is InChI=1S/C21H29N3O3/c1-6-7-9-24-17(13-16-8-12-27-19(16)24)18(25)22-10-11-23(15(2)14-22)20(26)21(3,4)5/h6,8,12-13,15H,1,7,9-11,14H2,2-5H3/t15-/m1/s1. The molecule has 2 amide bonds. The number of piperazine rings is 1. The predicted molar refractivity (Wildman–Crippen MR) is 106 cm³/mol. The molecule has 1 aliphatic heterocycles. The van der Waals surface area contributed by atoms with Gasteiger partial charge in [-0.25, -0.2) is 0 Å². The maximum absolute atomic E-state index is 13.2. The summed E-state index contributed by atoms with van der Waals surface area (Å²) >= 11 is 0. The molecule has 1 aliphatic rings. The zero-order valence-electron chi connectivity index (χ0n) is 16.7. The third-order valence-corrected chi connectivity index (χ3v) is 5.10. The van der Waals surface area contributed by atoms with Gasteiger partial charge >= 0.3 is 0 Å². The van der Waals surface area contributed by atoms with Crippen molar-refractivity contribution in [3.8, 4) is 0 Å². The van der Waals surface area contributed by atoms with Crippen molar-refractivity contribution >= 4 is 22.9 Å². The lowest BCUT2D eigenvalue weighted by Gasteiger charge is -2.42. The predicted octanol–water partition coefficient (Wildman–Crippen LogP) is 3.53. The second-order valence-electron chi connectivity index (χ2n) is 8.29. The number of carbonyl (C=O) groups is 2. The van der Waals surface area contributed by atoms with Gasteiger partial charge in [0.15, 0.2) is 0 Å². The molecule has 0 aromatic carbocycles. The number of hydrogen-bond acceptors (Lipinski definition) is 3. The molecule has 2 aromatic heterocycles. The van der Waals surface area contributed by atoms with E-state index in [4.69, 9.17) is 4.42 Å². The number of allylic oxidation sites excluding steroid dienone is 1. The highest BCUT2D eigenvalue weighted by atomic mass is 16.3. The van der Waals surface area contributed by atoms with Gasteiger partial charge in [-0.1, -0.05) is 26.8 Å². The van der Waals surface area contributed by atoms with E-state index in [2.05, 4.69) is 6.58 Å². The van der Waals surface area contributed by atoms with Gasteiger partial charge in [0.25, 0.3) is 5.91 Å². The molecule has 6 nitrogen and oxygen atoms in total. The van der Waals surface area contributed by atoms with Crippen molar-refractivity contribution in [2.24, 2.45) is 5.41 Å². The van der Waals surface area contributed by atoms with Gasteiger partial charge in [-0.3, -0.25) is 9.59 Å². The van der Waals surface area contributed by atoms with Crippen molar-refractivity contribution in [3.63, 3.8) is 0 Å². The lowest BCUT2D eigenvalue weighted by molar-refractivity contribution is -0.143. The number of amides is 2. The smallest absolute Gasteiger partial charge is 0.270 e. The number of carbonyl (C=O) groups excluding carboxylic acids is 2. The lowest BCUT2D eigenvalue weighted by Crippen LogP contribution is -2.57. The van der Waals surface area contributed by atoms with Crippen LogP contribution in [0.25, 0.3) is 11.1 Å². The first-order chi connectivity index (χ1) is 12.7. The van der Waals surface area contributed by atoms with Gasteiger partial charge in [-0.2, -0.15) is 0 Å². The van der Waals surface area contributed by atoms with Crippen LogP contribution >= 0.6 is 0 Å². The van der Waals surface area contributed by atoms with Crippen LogP contribution in [0, 0.1) is 5.41 Å². The highest BCUT2D eigenvalue weighted by molar-refractivity contribution is 5.98. The van der Waals surface area contributed by atoms with Gasteiger partial charge in [-0.15, -0.1) is 6.58 Å². The summed E-state index contributed by atoms with van der Waals surface area (Å²) in [5.74, 6) is 0.120. The third kappa shape index (κ3) is 3.66. The zero-order chi connectivity index (χ0) is 19.8. The molecule has 146 valence electrons. The number of rotatable bonds is 4. The molecule has 0 bridgehead atoms. The zero-order valence-corrected chi connectivity index (χ0v) is 16.7. The normalized spacial score (nSPS) is 18.1. The van der Waals surface area contributed by atoms with E-state index in [0.29, 0.717) is 31.9 Å². The molecular formula is C21H29N3O3. The van der Waals surface area contributed by atoms with E-state index in [9.17, 15) is 9.59 Å². The van der Waals surface area contributed by atoms with Crippen molar-refractivity contribution in [2.45, 2.75) is 46.7 Å². The SMILES string of the molecule is C=CCCn1c(C(=O)N2CCN(C(=O)C(C)(C)C)[C@H](C)C2)cc2ccoc21. The molecule has 1 saturated heterocycles. The summed E-state index contributed by atoms with van der Waals surface area (Å²) in [5, 5.41) is 0.928. The van der Waals surface area contributed by atoms with E-state index in [1.54, 1.807) is 6.26 Å². The Morgan fingerprint density at radius 1 is 1.33 bits per heavy atom. The van der Waals surface area contributed by atoms with E-state index in [-0.39, 0.29) is 17.9 Å². The summed E-state index contributed by atoms with van der Waals surface area (Å²) in [4.78, 5) is 29.6. The fourth-order valence-electron chi connectivity index (χ4n) is 3.63. The molecule has 3 rings (SSSR count). The van der Waals surface area contributed by atoms with E-state index in [1.165, 1.54) is 0 Å². The molecule has 0 spiro atoms. The number of nitrogens with zero attached hydrogens (tertiary/aromatic N) is 3. The average molecular weight is 371 g/mol. The third-order valence-electron chi connectivity index (χ3n) is 5.10. The van der Waals surface area contributed by atoms with Crippen LogP contribution in [0.1, 0.15) is 44.6 Å². The van der Waals surface area contributed by atoms with Crippen LogP contribution in [-0.2, 0) is 11.3 Å². The van der Waals surface area contributed by atoms with Crippen molar-refractivity contribution in [1.82, 2.24) is 14.4 Å². The minimum Gasteiger partial charge on any atom is -0.448 e. The Hall–Kier alpha value is -2.50. The molecular weight excluding hydrogens is 342 g/mol. The monoisotopic (exact) mass is 371 g/mol. The average Bonchev–Trinajstić information content (AvgIpc) is 3.19. The summed E-state index contributed by atoms with van der Waals surface area (Å²) in [6.07, 6.45) is 4.24. The van der Waals surface area contributed by atoms with Crippen LogP contribution in [0.15, 0.2) is 35.5 Å². The number of aromatic nitrogens is 1. The van der Waals surface area contributed by atoms with E-state index in [1.807, 2.05) is 60.3 Å². The molecule has 3 heterocycles. The highest BCUT2D eigenvalue weighted by Crippen LogP contribution is 2.25. The van der Waals surface area contributed by atoms with Crippen LogP contribution in [0.2, 0.25) is 0 Å². The molecule has 0 aliphatic carbocycles. The molecule has 0 N–H and O–H groups in total. The van der Waals surface area contributed by atoms with Crippen LogP contribution in [0.4, 0.5) is 0 Å². The van der Waals surface area contributed by atoms with Crippen LogP contribution in [0.3, 0.4) is 0 Å². The van der Waals surface area contributed by atoms with E-state index < -0.39 is 5.41 Å². The maximum atomic E-state index is 13.2. The van der Waals surface area contributed by atoms with Gasteiger partial charge in [0, 0.05) is 43.0 Å². The van der Waals surface area contributed by atoms with E-state index in [0.717, 1.165) is 17.5 Å². The van der Waals surface area contributed by atoms with Crippen LogP contribution in [-0.4, -0.2) is 51.9 Å². The molecule has 1 atom stereocenters. The first-order valence-electron chi connectivity index (χ1n) is 9.52. The summed E-state index contributed by atoms with van der Waals surface area (Å²) in [5.41, 5.74) is 0.938. The maximum Gasteiger partial charge on any atom is 0.270 e. The Balaban J connectivity index is 1.79. The molecule has 0 saturated carbocycles. The van der Waals surface area contributed by atoms with Crippen molar-refractivity contribution in [3.05, 3.63) is 36.7 Å². The van der Waals surface area contributed by atoms with Gasteiger partial charge in [0.1, 0.15) is 5.69 Å². The quantitative estimate of drug-likeness (QED) is 0.773. The van der Waals surface area contributed by atoms with E-state index >= 15 is 0 Å². The van der Waals surface area contributed by atoms with Crippen LogP contribution in [0.5, 0.6) is 0 Å². The lowest BCUT2D eigenvalue weighted by atomic mass is 9.93. The van der Waals surface area contributed by atoms with Gasteiger partial charge in [-0.05, 0) is 25.5 Å². The van der Waals surface area contributed by atoms with Gasteiger partial charge < -0.3 is 18.8 Å². The fourth-order valence-corrected chi connectivity index (χ4v) is 3.63. The largest absolute Gasteiger partial charge is 0.448 e. The number of furan rings is 1. The Morgan fingerprint density at radius 2 is 2.07 bits per heavy atom. The summed E-state index contributed by atoms with van der Waals surface area (Å²) in [7, 11) is 0. The molecule has 2 aromatic rings. The Bertz CT molecular complexity index is 856. The molecule has 0 unspecified atom stereocenters. The summed E-state index contributed by atoms with van der Waals surface area (Å²) in [6.45, 7) is 13.9. The molecule has 27 heavy (non-hydrogen) atoms. The highest BCUT2D eigenvalue weighted by Gasteiger charge is 2.35. The summed E-state index contributed by atoms with van der Waals surface area (Å²) in [6, 6.07) is 3.76. The Morgan fingerprint density at radius 3 is 2.70 bits per heavy atom. The molecule has 0 radical (unpaired) electrons. The van der Waals surface area contributed by atoms with Crippen molar-refractivity contribution < 1.29 is 14.0 Å².